The van der Waals surface area contributed by atoms with Crippen molar-refractivity contribution in [3.63, 3.8) is 0 Å². The Kier molecular flexibility index (Phi) is 24.3. The smallest absolute Gasteiger partial charge is 0.263 e. The normalized spacial score (nSPS) is 13.5. The summed E-state index contributed by atoms with van der Waals surface area (Å²) >= 11 is 4.32. The van der Waals surface area contributed by atoms with Gasteiger partial charge < -0.3 is 38.5 Å². The van der Waals surface area contributed by atoms with E-state index in [9.17, 15) is 19.2 Å². The van der Waals surface area contributed by atoms with E-state index in [1.165, 1.54) is 0 Å². The van der Waals surface area contributed by atoms with Crippen LogP contribution >= 0.6 is 45.2 Å². The number of rotatable bonds is 20. The molecule has 0 unspecified atom stereocenters. The molecule has 0 spiro atoms. The molecule has 0 heterocycles. The number of carbonyl (C=O) groups is 4. The summed E-state index contributed by atoms with van der Waals surface area (Å²) in [5, 5.41) is 0. The SMILES string of the molecule is Cc1cc(O[C@H](C)C(=O)N(C(C)C)C(C)C)c(I)c(O[C@H](C)C(=O)N(C(C)C)C(C)C)c1.Cc1cc(O[C@H](C)C(=O)N(C(C)C)C(C)C)c(I)c(O[C@H](C)C(=O)N(C(C)C)C(C)C)c1. The quantitative estimate of drug-likeness (QED) is 0.120. The highest BCUT2D eigenvalue weighted by atomic mass is 127. The number of amides is 4. The van der Waals surface area contributed by atoms with Gasteiger partial charge in [0.25, 0.3) is 23.6 Å². The zero-order chi connectivity index (χ0) is 49.8. The van der Waals surface area contributed by atoms with Gasteiger partial charge in [-0.3, -0.25) is 19.2 Å². The molecule has 0 bridgehead atoms. The van der Waals surface area contributed by atoms with Crippen LogP contribution in [0.1, 0.15) is 150 Å². The molecule has 0 aliphatic rings. The van der Waals surface area contributed by atoms with Crippen molar-refractivity contribution in [2.75, 3.05) is 0 Å². The van der Waals surface area contributed by atoms with E-state index in [0.29, 0.717) is 23.0 Å². The molecule has 0 saturated carbocycles. The summed E-state index contributed by atoms with van der Waals surface area (Å²) in [5.74, 6) is 2.11. The average Bonchev–Trinajstić information content (AvgIpc) is 3.14. The van der Waals surface area contributed by atoms with Crippen LogP contribution in [0.2, 0.25) is 0 Å². The summed E-state index contributed by atoms with van der Waals surface area (Å²) in [6, 6.07) is 8.26. The summed E-state index contributed by atoms with van der Waals surface area (Å²) in [5.41, 5.74) is 1.87. The van der Waals surface area contributed by atoms with Crippen LogP contribution in [-0.2, 0) is 19.2 Å². The van der Waals surface area contributed by atoms with Gasteiger partial charge in [0, 0.05) is 48.3 Å². The van der Waals surface area contributed by atoms with Gasteiger partial charge in [-0.1, -0.05) is 0 Å². The topological polar surface area (TPSA) is 118 Å². The lowest BCUT2D eigenvalue weighted by molar-refractivity contribution is -0.142. The fourth-order valence-corrected chi connectivity index (χ4v) is 9.11. The highest BCUT2D eigenvalue weighted by Gasteiger charge is 2.32. The van der Waals surface area contributed by atoms with E-state index in [-0.39, 0.29) is 72.0 Å². The first-order chi connectivity index (χ1) is 29.4. The Morgan fingerprint density at radius 3 is 0.609 bits per heavy atom. The number of hydrogen-bond donors (Lipinski definition) is 0. The van der Waals surface area contributed by atoms with Gasteiger partial charge in [-0.2, -0.15) is 0 Å². The number of hydrogen-bond acceptors (Lipinski definition) is 8. The lowest BCUT2D eigenvalue weighted by Crippen LogP contribution is -2.48. The van der Waals surface area contributed by atoms with Gasteiger partial charge >= 0.3 is 0 Å². The Labute approximate surface area is 414 Å². The largest absolute Gasteiger partial charge is 0.480 e. The third kappa shape index (κ3) is 16.7. The molecular formula is C50H82I2N4O8. The maximum Gasteiger partial charge on any atom is 0.263 e. The van der Waals surface area contributed by atoms with Crippen molar-refractivity contribution in [3.8, 4) is 23.0 Å². The average molecular weight is 1120 g/mol. The molecule has 0 saturated heterocycles. The molecule has 64 heavy (non-hydrogen) atoms. The molecular weight excluding hydrogens is 1040 g/mol. The third-order valence-electron chi connectivity index (χ3n) is 10.4. The highest BCUT2D eigenvalue weighted by Crippen LogP contribution is 2.35. The summed E-state index contributed by atoms with van der Waals surface area (Å²) in [6.07, 6.45) is -2.56. The van der Waals surface area contributed by atoms with Gasteiger partial charge in [-0.25, -0.2) is 0 Å². The second kappa shape index (κ2) is 26.4. The van der Waals surface area contributed by atoms with E-state index in [4.69, 9.17) is 18.9 Å². The van der Waals surface area contributed by atoms with E-state index in [1.54, 1.807) is 27.7 Å². The monoisotopic (exact) mass is 1120 g/mol. The van der Waals surface area contributed by atoms with Crippen LogP contribution in [0, 0.1) is 21.0 Å². The number of ether oxygens (including phenoxy) is 4. The van der Waals surface area contributed by atoms with Gasteiger partial charge in [0.05, 0.1) is 7.14 Å². The molecule has 2 aromatic rings. The molecule has 0 aromatic heterocycles. The molecule has 2 aromatic carbocycles. The van der Waals surface area contributed by atoms with E-state index < -0.39 is 24.4 Å². The van der Waals surface area contributed by atoms with E-state index >= 15 is 0 Å². The summed E-state index contributed by atoms with van der Waals surface area (Å²) in [6.45, 7) is 43.0. The molecule has 0 aliphatic heterocycles. The molecule has 364 valence electrons. The summed E-state index contributed by atoms with van der Waals surface area (Å²) in [4.78, 5) is 59.3. The molecule has 4 atom stereocenters. The van der Waals surface area contributed by atoms with Crippen LogP contribution in [0.3, 0.4) is 0 Å². The molecule has 0 fully saturated rings. The van der Waals surface area contributed by atoms with Crippen LogP contribution in [0.15, 0.2) is 24.3 Å². The third-order valence-corrected chi connectivity index (χ3v) is 12.5. The van der Waals surface area contributed by atoms with Crippen molar-refractivity contribution in [2.24, 2.45) is 0 Å². The van der Waals surface area contributed by atoms with Crippen LogP contribution < -0.4 is 18.9 Å². The number of benzene rings is 2. The van der Waals surface area contributed by atoms with Gasteiger partial charge in [-0.15, -0.1) is 0 Å². The Bertz CT molecular complexity index is 1560. The fourth-order valence-electron chi connectivity index (χ4n) is 7.97. The maximum atomic E-state index is 13.0. The maximum absolute atomic E-state index is 13.0. The van der Waals surface area contributed by atoms with Crippen molar-refractivity contribution < 1.29 is 38.1 Å². The van der Waals surface area contributed by atoms with Gasteiger partial charge in [0.1, 0.15) is 23.0 Å². The second-order valence-corrected chi connectivity index (χ2v) is 21.1. The van der Waals surface area contributed by atoms with Crippen molar-refractivity contribution >= 4 is 68.8 Å². The molecule has 4 amide bonds. The number of nitrogens with zero attached hydrogens (tertiary/aromatic N) is 4. The van der Waals surface area contributed by atoms with Crippen molar-refractivity contribution in [3.05, 3.63) is 42.5 Å². The Hall–Kier alpha value is -3.02. The minimum Gasteiger partial charge on any atom is -0.480 e. The highest BCUT2D eigenvalue weighted by molar-refractivity contribution is 14.1. The Morgan fingerprint density at radius 1 is 0.344 bits per heavy atom. The Morgan fingerprint density at radius 2 is 0.484 bits per heavy atom. The first-order valence-electron chi connectivity index (χ1n) is 22.9. The molecule has 12 nitrogen and oxygen atoms in total. The van der Waals surface area contributed by atoms with Crippen molar-refractivity contribution in [2.45, 2.75) is 225 Å². The zero-order valence-corrected chi connectivity index (χ0v) is 47.4. The van der Waals surface area contributed by atoms with Gasteiger partial charge in [-0.05, 0) is 233 Å². The Balaban J connectivity index is 0.000000640. The molecule has 14 heteroatoms. The van der Waals surface area contributed by atoms with Crippen molar-refractivity contribution in [1.82, 2.24) is 19.6 Å². The lowest BCUT2D eigenvalue weighted by Gasteiger charge is -2.33. The van der Waals surface area contributed by atoms with E-state index in [1.807, 2.05) is 168 Å². The fraction of sp³-hybridized carbons (Fsp3) is 0.680. The van der Waals surface area contributed by atoms with Crippen LogP contribution in [0.4, 0.5) is 0 Å². The first-order valence-corrected chi connectivity index (χ1v) is 25.1. The lowest BCUT2D eigenvalue weighted by atomic mass is 10.2. The van der Waals surface area contributed by atoms with Crippen LogP contribution in [0.25, 0.3) is 0 Å². The predicted octanol–water partition coefficient (Wildman–Crippen LogP) is 10.9. The predicted molar refractivity (Wildman–Crippen MR) is 277 cm³/mol. The molecule has 0 N–H and O–H groups in total. The van der Waals surface area contributed by atoms with Crippen LogP contribution in [0.5, 0.6) is 23.0 Å². The minimum atomic E-state index is -0.639. The minimum absolute atomic E-state index is 0.0529. The zero-order valence-electron chi connectivity index (χ0n) is 43.0. The summed E-state index contributed by atoms with van der Waals surface area (Å²) in [7, 11) is 0. The van der Waals surface area contributed by atoms with E-state index in [0.717, 1.165) is 18.3 Å². The van der Waals surface area contributed by atoms with Crippen LogP contribution in [-0.4, -0.2) is 116 Å². The number of halogens is 2. The second-order valence-electron chi connectivity index (χ2n) is 18.9. The molecule has 0 radical (unpaired) electrons. The van der Waals surface area contributed by atoms with Gasteiger partial charge in [0.2, 0.25) is 0 Å². The standard InChI is InChI=1S/2C25H41IN2O4/c2*1-14(2)27(15(3)4)24(29)19(10)31-21-12-18(9)13-22(23(21)26)32-20(11)25(30)28(16(5)6)17(7)8/h2*12-17,19-20H,1-11H3/t2*19-,20-/m11/s1. The molecule has 2 rings (SSSR count). The van der Waals surface area contributed by atoms with Crippen molar-refractivity contribution in [1.29, 1.82) is 0 Å². The summed E-state index contributed by atoms with van der Waals surface area (Å²) < 4.78 is 25.9. The number of aryl methyl sites for hydroxylation is 2. The van der Waals surface area contributed by atoms with Gasteiger partial charge in [0.15, 0.2) is 24.4 Å². The van der Waals surface area contributed by atoms with E-state index in [2.05, 4.69) is 45.2 Å². The number of carbonyl (C=O) groups excluding carboxylic acids is 4. The first kappa shape index (κ1) is 59.0. The molecule has 0 aliphatic carbocycles.